The van der Waals surface area contributed by atoms with E-state index in [9.17, 15) is 13.2 Å². The molecule has 1 aliphatic rings. The number of thioether (sulfide) groups is 1. The third-order valence-electron chi connectivity index (χ3n) is 4.05. The molecule has 1 saturated heterocycles. The highest BCUT2D eigenvalue weighted by Gasteiger charge is 2.16. The molecule has 3 rings (SSSR count). The number of nitrogens with one attached hydrogen (secondary N) is 1. The van der Waals surface area contributed by atoms with Crippen LogP contribution in [0.25, 0.3) is 6.08 Å². The van der Waals surface area contributed by atoms with Gasteiger partial charge in [-0.15, -0.1) is 0 Å². The summed E-state index contributed by atoms with van der Waals surface area (Å²) in [5, 5.41) is 0.329. The highest BCUT2D eigenvalue weighted by Crippen LogP contribution is 2.24. The minimum absolute atomic E-state index is 0.0209. The number of benzene rings is 2. The first-order valence-electron chi connectivity index (χ1n) is 8.38. The molecule has 0 atom stereocenters. The summed E-state index contributed by atoms with van der Waals surface area (Å²) < 4.78 is 27.4. The molecular formula is C19H19ClN2O3S2. The van der Waals surface area contributed by atoms with Crippen LogP contribution in [0.5, 0.6) is 0 Å². The fourth-order valence-corrected chi connectivity index (χ4v) is 4.78. The maximum Gasteiger partial charge on any atom is 0.261 e. The summed E-state index contributed by atoms with van der Waals surface area (Å²) in [5.74, 6) is 1.90. The predicted molar refractivity (Wildman–Crippen MR) is 112 cm³/mol. The molecule has 0 aromatic heterocycles. The molecular weight excluding hydrogens is 404 g/mol. The van der Waals surface area contributed by atoms with Crippen LogP contribution in [0.15, 0.2) is 59.5 Å². The summed E-state index contributed by atoms with van der Waals surface area (Å²) in [5.41, 5.74) is 1.08. The number of anilines is 1. The van der Waals surface area contributed by atoms with Crippen molar-refractivity contribution in [2.75, 3.05) is 29.3 Å². The Hall–Kier alpha value is -1.96. The molecule has 2 aromatic rings. The average Bonchev–Trinajstić information content (AvgIpc) is 2.69. The van der Waals surface area contributed by atoms with Gasteiger partial charge in [-0.2, -0.15) is 11.8 Å². The van der Waals surface area contributed by atoms with Crippen molar-refractivity contribution in [3.63, 3.8) is 0 Å². The van der Waals surface area contributed by atoms with Crippen LogP contribution >= 0.6 is 23.4 Å². The largest absolute Gasteiger partial charge is 0.338 e. The summed E-state index contributed by atoms with van der Waals surface area (Å²) in [6.45, 7) is 1.53. The number of para-hydroxylation sites is 1. The van der Waals surface area contributed by atoms with Crippen LogP contribution in [0.3, 0.4) is 0 Å². The molecule has 1 fully saturated rings. The molecule has 142 valence electrons. The van der Waals surface area contributed by atoms with E-state index in [4.69, 9.17) is 11.6 Å². The smallest absolute Gasteiger partial charge is 0.261 e. The van der Waals surface area contributed by atoms with Gasteiger partial charge in [0.25, 0.3) is 10.0 Å². The second-order valence-electron chi connectivity index (χ2n) is 5.93. The van der Waals surface area contributed by atoms with Crippen molar-refractivity contribution in [1.82, 2.24) is 4.90 Å². The monoisotopic (exact) mass is 422 g/mol. The molecule has 27 heavy (non-hydrogen) atoms. The van der Waals surface area contributed by atoms with E-state index < -0.39 is 10.0 Å². The number of rotatable bonds is 5. The Kier molecular flexibility index (Phi) is 6.46. The highest BCUT2D eigenvalue weighted by molar-refractivity contribution is 7.99. The molecule has 1 N–H and O–H groups in total. The van der Waals surface area contributed by atoms with E-state index in [2.05, 4.69) is 4.72 Å². The zero-order valence-corrected chi connectivity index (χ0v) is 16.9. The van der Waals surface area contributed by atoms with Crippen LogP contribution in [0.2, 0.25) is 5.02 Å². The zero-order chi connectivity index (χ0) is 19.3. The number of hydrogen-bond acceptors (Lipinski definition) is 4. The van der Waals surface area contributed by atoms with E-state index in [1.165, 1.54) is 18.2 Å². The molecule has 1 aliphatic heterocycles. The summed E-state index contributed by atoms with van der Waals surface area (Å²) in [4.78, 5) is 14.1. The Labute approximate surface area is 168 Å². The molecule has 1 heterocycles. The van der Waals surface area contributed by atoms with Crippen molar-refractivity contribution in [2.45, 2.75) is 4.90 Å². The molecule has 0 radical (unpaired) electrons. The molecule has 1 amide bonds. The van der Waals surface area contributed by atoms with Crippen LogP contribution in [-0.2, 0) is 14.8 Å². The van der Waals surface area contributed by atoms with Crippen LogP contribution in [0.1, 0.15) is 5.56 Å². The van der Waals surface area contributed by atoms with E-state index in [1.807, 2.05) is 16.7 Å². The molecule has 8 heteroatoms. The van der Waals surface area contributed by atoms with Crippen molar-refractivity contribution >= 4 is 51.1 Å². The normalized spacial score (nSPS) is 15.1. The Morgan fingerprint density at radius 2 is 1.74 bits per heavy atom. The Balaban J connectivity index is 1.68. The standard InChI is InChI=1S/C19H19ClN2O3S2/c20-17-3-1-2-4-18(17)21-27(24,25)16-8-5-15(6-9-16)7-10-19(23)22-11-13-26-14-12-22/h1-10,21H,11-14H2. The average molecular weight is 423 g/mol. The van der Waals surface area contributed by atoms with Gasteiger partial charge >= 0.3 is 0 Å². The fourth-order valence-electron chi connectivity index (χ4n) is 2.56. The van der Waals surface area contributed by atoms with Crippen LogP contribution in [0.4, 0.5) is 5.69 Å². The summed E-state index contributed by atoms with van der Waals surface area (Å²) in [6, 6.07) is 13.0. The van der Waals surface area contributed by atoms with Gasteiger partial charge in [0.15, 0.2) is 0 Å². The highest BCUT2D eigenvalue weighted by atomic mass is 35.5. The van der Waals surface area contributed by atoms with E-state index in [0.29, 0.717) is 10.7 Å². The molecule has 5 nitrogen and oxygen atoms in total. The van der Waals surface area contributed by atoms with Crippen molar-refractivity contribution in [2.24, 2.45) is 0 Å². The molecule has 0 bridgehead atoms. The number of hydrogen-bond donors (Lipinski definition) is 1. The number of carbonyl (C=O) groups excluding carboxylic acids is 1. The van der Waals surface area contributed by atoms with E-state index in [1.54, 1.807) is 42.5 Å². The van der Waals surface area contributed by atoms with Crippen LogP contribution in [-0.4, -0.2) is 43.8 Å². The van der Waals surface area contributed by atoms with Crippen LogP contribution in [0, 0.1) is 0 Å². The summed E-state index contributed by atoms with van der Waals surface area (Å²) >= 11 is 7.85. The van der Waals surface area contributed by atoms with E-state index in [-0.39, 0.29) is 10.8 Å². The van der Waals surface area contributed by atoms with Gasteiger partial charge in [-0.3, -0.25) is 9.52 Å². The third-order valence-corrected chi connectivity index (χ3v) is 6.70. The zero-order valence-electron chi connectivity index (χ0n) is 14.5. The molecule has 0 aliphatic carbocycles. The first-order chi connectivity index (χ1) is 13.0. The van der Waals surface area contributed by atoms with Crippen molar-refractivity contribution < 1.29 is 13.2 Å². The lowest BCUT2D eigenvalue weighted by molar-refractivity contribution is -0.125. The SMILES string of the molecule is O=C(C=Cc1ccc(S(=O)(=O)Nc2ccccc2Cl)cc1)N1CCSCC1. The van der Waals surface area contributed by atoms with E-state index in [0.717, 1.165) is 30.2 Å². The topological polar surface area (TPSA) is 66.5 Å². The second kappa shape index (κ2) is 8.82. The van der Waals surface area contributed by atoms with Gasteiger partial charge in [-0.25, -0.2) is 8.42 Å². The summed E-state index contributed by atoms with van der Waals surface area (Å²) in [7, 11) is -3.74. The lowest BCUT2D eigenvalue weighted by Gasteiger charge is -2.25. The molecule has 0 unspecified atom stereocenters. The predicted octanol–water partition coefficient (Wildman–Crippen LogP) is 3.73. The Bertz CT molecular complexity index is 938. The molecule has 0 saturated carbocycles. The van der Waals surface area contributed by atoms with Gasteiger partial charge < -0.3 is 4.90 Å². The minimum Gasteiger partial charge on any atom is -0.338 e. The fraction of sp³-hybridized carbons (Fsp3) is 0.211. The van der Waals surface area contributed by atoms with Gasteiger partial charge in [-0.05, 0) is 35.9 Å². The number of amides is 1. The molecule has 2 aromatic carbocycles. The van der Waals surface area contributed by atoms with Crippen molar-refractivity contribution in [3.05, 3.63) is 65.2 Å². The van der Waals surface area contributed by atoms with Gasteiger partial charge in [0.2, 0.25) is 5.91 Å². The number of carbonyl (C=O) groups is 1. The van der Waals surface area contributed by atoms with Crippen LogP contribution < -0.4 is 4.72 Å². The van der Waals surface area contributed by atoms with Gasteiger partial charge in [-0.1, -0.05) is 35.9 Å². The second-order valence-corrected chi connectivity index (χ2v) is 9.24. The maximum absolute atomic E-state index is 12.5. The van der Waals surface area contributed by atoms with Gasteiger partial charge in [0.05, 0.1) is 15.6 Å². The third kappa shape index (κ3) is 5.28. The van der Waals surface area contributed by atoms with Crippen molar-refractivity contribution in [1.29, 1.82) is 0 Å². The molecule has 0 spiro atoms. The van der Waals surface area contributed by atoms with Gasteiger partial charge in [0, 0.05) is 30.7 Å². The van der Waals surface area contributed by atoms with Gasteiger partial charge in [0.1, 0.15) is 0 Å². The number of halogens is 1. The Morgan fingerprint density at radius 1 is 1.07 bits per heavy atom. The minimum atomic E-state index is -3.74. The summed E-state index contributed by atoms with van der Waals surface area (Å²) in [6.07, 6.45) is 3.23. The lowest BCUT2D eigenvalue weighted by Crippen LogP contribution is -2.36. The Morgan fingerprint density at radius 3 is 2.41 bits per heavy atom. The first-order valence-corrected chi connectivity index (χ1v) is 11.4. The lowest BCUT2D eigenvalue weighted by atomic mass is 10.2. The quantitative estimate of drug-likeness (QED) is 0.745. The maximum atomic E-state index is 12.5. The first kappa shape index (κ1) is 19.8. The number of nitrogens with zero attached hydrogens (tertiary/aromatic N) is 1. The van der Waals surface area contributed by atoms with E-state index >= 15 is 0 Å². The number of sulfonamides is 1. The van der Waals surface area contributed by atoms with Crippen molar-refractivity contribution in [3.8, 4) is 0 Å².